The first kappa shape index (κ1) is 15.1. The summed E-state index contributed by atoms with van der Waals surface area (Å²) in [5.74, 6) is -0.276. The van der Waals surface area contributed by atoms with Crippen molar-refractivity contribution in [3.05, 3.63) is 58.9 Å². The predicted molar refractivity (Wildman–Crippen MR) is 83.0 cm³/mol. The van der Waals surface area contributed by atoms with E-state index >= 15 is 0 Å². The predicted octanol–water partition coefficient (Wildman–Crippen LogP) is 3.43. The lowest BCUT2D eigenvalue weighted by Gasteiger charge is -2.09. The van der Waals surface area contributed by atoms with Gasteiger partial charge in [-0.1, -0.05) is 23.7 Å². The Balaban J connectivity index is 1.81. The molecular weight excluding hydrogens is 293 g/mol. The molecule has 0 atom stereocenters. The molecule has 2 amide bonds. The van der Waals surface area contributed by atoms with Crippen LogP contribution in [0.4, 0.5) is 20.6 Å². The summed E-state index contributed by atoms with van der Waals surface area (Å²) in [6.07, 6.45) is 0.614. The zero-order valence-corrected chi connectivity index (χ0v) is 12.0. The molecule has 0 radical (unpaired) electrons. The minimum absolute atomic E-state index is 0.276. The number of benzene rings is 2. The Labute approximate surface area is 127 Å². The first-order chi connectivity index (χ1) is 10.0. The lowest BCUT2D eigenvalue weighted by molar-refractivity contribution is 0.252. The molecule has 0 heterocycles. The largest absolute Gasteiger partial charge is 0.399 e. The number of urea groups is 1. The van der Waals surface area contributed by atoms with Crippen molar-refractivity contribution in [1.29, 1.82) is 0 Å². The molecule has 0 saturated heterocycles. The summed E-state index contributed by atoms with van der Waals surface area (Å²) in [6.45, 7) is 0.435. The van der Waals surface area contributed by atoms with Crippen molar-refractivity contribution in [3.63, 3.8) is 0 Å². The van der Waals surface area contributed by atoms with Crippen LogP contribution in [0.2, 0.25) is 5.02 Å². The zero-order valence-electron chi connectivity index (χ0n) is 11.2. The normalized spacial score (nSPS) is 10.2. The first-order valence-corrected chi connectivity index (χ1v) is 6.77. The average Bonchev–Trinajstić information content (AvgIpc) is 2.44. The second kappa shape index (κ2) is 6.95. The van der Waals surface area contributed by atoms with Crippen molar-refractivity contribution in [3.8, 4) is 0 Å². The molecule has 2 rings (SSSR count). The van der Waals surface area contributed by atoms with Crippen molar-refractivity contribution in [2.75, 3.05) is 17.6 Å². The fourth-order valence-corrected chi connectivity index (χ4v) is 2.01. The van der Waals surface area contributed by atoms with Crippen LogP contribution in [0, 0.1) is 5.82 Å². The lowest BCUT2D eigenvalue weighted by atomic mass is 10.1. The van der Waals surface area contributed by atoms with Crippen molar-refractivity contribution in [1.82, 2.24) is 5.32 Å². The van der Waals surface area contributed by atoms with Crippen LogP contribution in [-0.2, 0) is 6.42 Å². The number of nitrogen functional groups attached to an aromatic ring is 1. The Hall–Kier alpha value is -2.27. The van der Waals surface area contributed by atoms with Crippen molar-refractivity contribution >= 4 is 29.0 Å². The molecule has 0 saturated carbocycles. The Morgan fingerprint density at radius 3 is 2.57 bits per heavy atom. The molecule has 0 fully saturated rings. The van der Waals surface area contributed by atoms with Crippen molar-refractivity contribution < 1.29 is 9.18 Å². The van der Waals surface area contributed by atoms with Crippen molar-refractivity contribution in [2.24, 2.45) is 0 Å². The number of carbonyl (C=O) groups excluding carboxylic acids is 1. The standard InChI is InChI=1S/C15H15ClFN3O/c16-13-9-12(18)5-6-14(13)20-15(21)19-8-7-10-1-3-11(17)4-2-10/h1-6,9H,7-8,18H2,(H2,19,20,21). The van der Waals surface area contributed by atoms with E-state index in [0.29, 0.717) is 29.4 Å². The molecule has 4 nitrogen and oxygen atoms in total. The van der Waals surface area contributed by atoms with E-state index in [2.05, 4.69) is 10.6 Å². The van der Waals surface area contributed by atoms with Crippen LogP contribution in [0.25, 0.3) is 0 Å². The summed E-state index contributed by atoms with van der Waals surface area (Å²) < 4.78 is 12.7. The Morgan fingerprint density at radius 1 is 1.19 bits per heavy atom. The molecule has 0 spiro atoms. The summed E-state index contributed by atoms with van der Waals surface area (Å²) >= 11 is 5.96. The number of hydrogen-bond donors (Lipinski definition) is 3. The third-order valence-corrected chi connectivity index (χ3v) is 3.17. The topological polar surface area (TPSA) is 67.1 Å². The summed E-state index contributed by atoms with van der Waals surface area (Å²) in [6, 6.07) is 10.7. The van der Waals surface area contributed by atoms with E-state index in [-0.39, 0.29) is 11.8 Å². The highest BCUT2D eigenvalue weighted by Crippen LogP contribution is 2.23. The molecule has 21 heavy (non-hydrogen) atoms. The van der Waals surface area contributed by atoms with Crippen LogP contribution in [-0.4, -0.2) is 12.6 Å². The minimum atomic E-state index is -0.358. The van der Waals surface area contributed by atoms with Gasteiger partial charge in [0.25, 0.3) is 0 Å². The lowest BCUT2D eigenvalue weighted by Crippen LogP contribution is -2.30. The summed E-state index contributed by atoms with van der Waals surface area (Å²) in [5.41, 5.74) is 7.54. The van der Waals surface area contributed by atoms with E-state index < -0.39 is 0 Å². The van der Waals surface area contributed by atoms with Gasteiger partial charge in [-0.2, -0.15) is 0 Å². The highest BCUT2D eigenvalue weighted by molar-refractivity contribution is 6.34. The molecular formula is C15H15ClFN3O. The number of amides is 2. The van der Waals surface area contributed by atoms with Gasteiger partial charge in [-0.05, 0) is 42.3 Å². The maximum Gasteiger partial charge on any atom is 0.319 e. The molecule has 2 aromatic rings. The van der Waals surface area contributed by atoms with Crippen molar-refractivity contribution in [2.45, 2.75) is 6.42 Å². The van der Waals surface area contributed by atoms with E-state index in [0.717, 1.165) is 5.56 Å². The Bertz CT molecular complexity index is 631. The van der Waals surface area contributed by atoms with Crippen LogP contribution >= 0.6 is 11.6 Å². The zero-order chi connectivity index (χ0) is 15.2. The number of rotatable bonds is 4. The second-order valence-electron chi connectivity index (χ2n) is 4.50. The van der Waals surface area contributed by atoms with E-state index in [1.165, 1.54) is 12.1 Å². The smallest absolute Gasteiger partial charge is 0.319 e. The quantitative estimate of drug-likeness (QED) is 0.758. The van der Waals surface area contributed by atoms with Gasteiger partial charge in [0.05, 0.1) is 10.7 Å². The van der Waals surface area contributed by atoms with Crippen LogP contribution in [0.1, 0.15) is 5.56 Å². The Kier molecular flexibility index (Phi) is 5.00. The van der Waals surface area contributed by atoms with E-state index in [4.69, 9.17) is 17.3 Å². The van der Waals surface area contributed by atoms with Gasteiger partial charge in [0.15, 0.2) is 0 Å². The molecule has 110 valence electrons. The van der Waals surface area contributed by atoms with Crippen LogP contribution < -0.4 is 16.4 Å². The molecule has 6 heteroatoms. The van der Waals surface area contributed by atoms with Gasteiger partial charge in [0.1, 0.15) is 5.82 Å². The van der Waals surface area contributed by atoms with Crippen LogP contribution in [0.5, 0.6) is 0 Å². The first-order valence-electron chi connectivity index (χ1n) is 6.39. The number of anilines is 2. The van der Waals surface area contributed by atoms with Gasteiger partial charge in [0.2, 0.25) is 0 Å². The molecule has 0 aliphatic carbocycles. The van der Waals surface area contributed by atoms with Gasteiger partial charge < -0.3 is 16.4 Å². The summed E-state index contributed by atoms with van der Waals surface area (Å²) in [4.78, 5) is 11.7. The maximum atomic E-state index is 12.7. The molecule has 2 aromatic carbocycles. The number of hydrogen-bond acceptors (Lipinski definition) is 2. The molecule has 0 aliphatic heterocycles. The summed E-state index contributed by atoms with van der Waals surface area (Å²) in [5, 5.41) is 5.72. The Morgan fingerprint density at radius 2 is 1.90 bits per heavy atom. The number of nitrogens with two attached hydrogens (primary N) is 1. The van der Waals surface area contributed by atoms with E-state index in [1.54, 1.807) is 30.3 Å². The molecule has 0 bridgehead atoms. The average molecular weight is 308 g/mol. The minimum Gasteiger partial charge on any atom is -0.399 e. The van der Waals surface area contributed by atoms with Gasteiger partial charge in [0, 0.05) is 12.2 Å². The highest BCUT2D eigenvalue weighted by Gasteiger charge is 2.05. The third kappa shape index (κ3) is 4.65. The fourth-order valence-electron chi connectivity index (χ4n) is 1.77. The number of halogens is 2. The number of carbonyl (C=O) groups is 1. The SMILES string of the molecule is Nc1ccc(NC(=O)NCCc2ccc(F)cc2)c(Cl)c1. The monoisotopic (exact) mass is 307 g/mol. The highest BCUT2D eigenvalue weighted by atomic mass is 35.5. The molecule has 0 aliphatic rings. The van der Waals surface area contributed by atoms with Gasteiger partial charge in [-0.25, -0.2) is 9.18 Å². The van der Waals surface area contributed by atoms with Gasteiger partial charge >= 0.3 is 6.03 Å². The van der Waals surface area contributed by atoms with Crippen LogP contribution in [0.3, 0.4) is 0 Å². The molecule has 0 unspecified atom stereocenters. The maximum absolute atomic E-state index is 12.7. The summed E-state index contributed by atoms with van der Waals surface area (Å²) in [7, 11) is 0. The fraction of sp³-hybridized carbons (Fsp3) is 0.133. The van der Waals surface area contributed by atoms with Crippen LogP contribution in [0.15, 0.2) is 42.5 Å². The third-order valence-electron chi connectivity index (χ3n) is 2.85. The van der Waals surface area contributed by atoms with E-state index in [9.17, 15) is 9.18 Å². The molecule has 0 aromatic heterocycles. The van der Waals surface area contributed by atoms with Gasteiger partial charge in [-0.3, -0.25) is 0 Å². The second-order valence-corrected chi connectivity index (χ2v) is 4.90. The number of nitrogens with one attached hydrogen (secondary N) is 2. The molecule has 4 N–H and O–H groups in total. The van der Waals surface area contributed by atoms with E-state index in [1.807, 2.05) is 0 Å². The van der Waals surface area contributed by atoms with Gasteiger partial charge in [-0.15, -0.1) is 0 Å².